The maximum absolute atomic E-state index is 6.06. The number of fused-ring (bicyclic) bond motifs is 1. The molecule has 0 aliphatic carbocycles. The molecule has 0 unspecified atom stereocenters. The summed E-state index contributed by atoms with van der Waals surface area (Å²) in [4.78, 5) is 7.35. The van der Waals surface area contributed by atoms with E-state index in [2.05, 4.69) is 9.97 Å². The van der Waals surface area contributed by atoms with Crippen LogP contribution in [0.25, 0.3) is 11.0 Å². The number of methoxy groups -OCH3 is 1. The molecule has 1 N–H and O–H groups in total. The van der Waals surface area contributed by atoms with E-state index in [0.717, 1.165) is 16.5 Å². The van der Waals surface area contributed by atoms with E-state index in [1.54, 1.807) is 13.4 Å². The van der Waals surface area contributed by atoms with Gasteiger partial charge in [0.05, 0.1) is 30.2 Å². The third kappa shape index (κ3) is 1.91. The summed E-state index contributed by atoms with van der Waals surface area (Å²) in [5.41, 5.74) is 1.95. The largest absolute Gasteiger partial charge is 0.495 e. The van der Waals surface area contributed by atoms with E-state index < -0.39 is 7.12 Å². The van der Waals surface area contributed by atoms with Gasteiger partial charge >= 0.3 is 7.12 Å². The first-order valence-corrected chi connectivity index (χ1v) is 6.71. The van der Waals surface area contributed by atoms with Gasteiger partial charge in [0.2, 0.25) is 0 Å². The molecular weight excluding hydrogens is 255 g/mol. The Balaban J connectivity index is 2.03. The summed E-state index contributed by atoms with van der Waals surface area (Å²) in [6, 6.07) is 3.92. The van der Waals surface area contributed by atoms with Crippen molar-refractivity contribution >= 4 is 23.6 Å². The van der Waals surface area contributed by atoms with Crippen LogP contribution >= 0.6 is 0 Å². The molecule has 106 valence electrons. The predicted molar refractivity (Wildman–Crippen MR) is 78.4 cm³/mol. The van der Waals surface area contributed by atoms with Crippen molar-refractivity contribution < 1.29 is 14.0 Å². The number of ether oxygens (including phenoxy) is 1. The van der Waals surface area contributed by atoms with E-state index in [0.29, 0.717) is 5.75 Å². The number of aromatic amines is 1. The number of hydrogen-bond acceptors (Lipinski definition) is 4. The zero-order chi connectivity index (χ0) is 14.5. The third-order valence-electron chi connectivity index (χ3n) is 4.26. The average molecular weight is 274 g/mol. The molecule has 2 heterocycles. The highest BCUT2D eigenvalue weighted by Gasteiger charge is 2.51. The van der Waals surface area contributed by atoms with Crippen molar-refractivity contribution in [1.82, 2.24) is 9.97 Å². The summed E-state index contributed by atoms with van der Waals surface area (Å²) >= 11 is 0. The lowest BCUT2D eigenvalue weighted by atomic mass is 9.79. The summed E-state index contributed by atoms with van der Waals surface area (Å²) in [6.07, 6.45) is 1.65. The van der Waals surface area contributed by atoms with E-state index in [9.17, 15) is 0 Å². The standard InChI is InChI=1S/C14H19BN2O3/c1-13(2)14(3,4)20-15(19-13)9-6-10-12(17-8-16-10)11(7-9)18-5/h6-8H,1-5H3,(H,16,17). The van der Waals surface area contributed by atoms with E-state index in [1.165, 1.54) is 0 Å². The number of nitrogens with one attached hydrogen (secondary N) is 1. The van der Waals surface area contributed by atoms with Crippen LogP contribution in [0.4, 0.5) is 0 Å². The van der Waals surface area contributed by atoms with Crippen LogP contribution in [-0.2, 0) is 9.31 Å². The summed E-state index contributed by atoms with van der Waals surface area (Å²) in [5.74, 6) is 0.716. The van der Waals surface area contributed by atoms with Crippen LogP contribution in [0.1, 0.15) is 27.7 Å². The second-order valence-corrected chi connectivity index (χ2v) is 6.11. The summed E-state index contributed by atoms with van der Waals surface area (Å²) in [6.45, 7) is 8.16. The molecule has 0 bridgehead atoms. The first-order chi connectivity index (χ1) is 9.34. The molecule has 1 aromatic carbocycles. The van der Waals surface area contributed by atoms with Crippen LogP contribution in [-0.4, -0.2) is 35.4 Å². The first kappa shape index (κ1) is 13.5. The number of hydrogen-bond donors (Lipinski definition) is 1. The van der Waals surface area contributed by atoms with Crippen LogP contribution in [0.15, 0.2) is 18.5 Å². The lowest BCUT2D eigenvalue weighted by Crippen LogP contribution is -2.41. The number of imidazole rings is 1. The molecule has 0 atom stereocenters. The zero-order valence-corrected chi connectivity index (χ0v) is 12.5. The average Bonchev–Trinajstić information content (AvgIpc) is 2.91. The van der Waals surface area contributed by atoms with Gasteiger partial charge in [-0.25, -0.2) is 4.98 Å². The quantitative estimate of drug-likeness (QED) is 0.849. The maximum Gasteiger partial charge on any atom is 0.495 e. The highest BCUT2D eigenvalue weighted by molar-refractivity contribution is 6.62. The molecule has 1 saturated heterocycles. The van der Waals surface area contributed by atoms with Gasteiger partial charge in [0.25, 0.3) is 0 Å². The van der Waals surface area contributed by atoms with E-state index in [-0.39, 0.29) is 11.2 Å². The Morgan fingerprint density at radius 1 is 1.15 bits per heavy atom. The molecule has 0 radical (unpaired) electrons. The van der Waals surface area contributed by atoms with Gasteiger partial charge in [0, 0.05) is 0 Å². The monoisotopic (exact) mass is 274 g/mol. The lowest BCUT2D eigenvalue weighted by Gasteiger charge is -2.32. The molecule has 0 amide bonds. The Labute approximate surface area is 118 Å². The minimum absolute atomic E-state index is 0.353. The Hall–Kier alpha value is -1.53. The molecule has 2 aromatic rings. The second-order valence-electron chi connectivity index (χ2n) is 6.11. The van der Waals surface area contributed by atoms with E-state index in [1.807, 2.05) is 39.8 Å². The van der Waals surface area contributed by atoms with Gasteiger partial charge in [-0.15, -0.1) is 0 Å². The molecule has 1 aliphatic rings. The fraction of sp³-hybridized carbons (Fsp3) is 0.500. The molecule has 0 spiro atoms. The molecule has 6 heteroatoms. The Morgan fingerprint density at radius 3 is 2.40 bits per heavy atom. The lowest BCUT2D eigenvalue weighted by molar-refractivity contribution is 0.00578. The molecule has 5 nitrogen and oxygen atoms in total. The fourth-order valence-electron chi connectivity index (χ4n) is 2.31. The first-order valence-electron chi connectivity index (χ1n) is 6.71. The number of rotatable bonds is 2. The van der Waals surface area contributed by atoms with Crippen molar-refractivity contribution in [2.24, 2.45) is 0 Å². The van der Waals surface area contributed by atoms with Gasteiger partial charge < -0.3 is 19.0 Å². The topological polar surface area (TPSA) is 56.4 Å². The molecule has 1 fully saturated rings. The number of benzene rings is 1. The van der Waals surface area contributed by atoms with Gasteiger partial charge in [-0.2, -0.15) is 0 Å². The van der Waals surface area contributed by atoms with Gasteiger partial charge in [0.1, 0.15) is 11.3 Å². The highest BCUT2D eigenvalue weighted by atomic mass is 16.7. The molecular formula is C14H19BN2O3. The van der Waals surface area contributed by atoms with Gasteiger partial charge in [0.15, 0.2) is 0 Å². The van der Waals surface area contributed by atoms with Gasteiger partial charge in [-0.05, 0) is 45.3 Å². The van der Waals surface area contributed by atoms with Crippen LogP contribution in [0.3, 0.4) is 0 Å². The van der Waals surface area contributed by atoms with Crippen molar-refractivity contribution in [2.45, 2.75) is 38.9 Å². The van der Waals surface area contributed by atoms with Crippen molar-refractivity contribution in [2.75, 3.05) is 7.11 Å². The Bertz CT molecular complexity index is 635. The van der Waals surface area contributed by atoms with Crippen molar-refractivity contribution in [3.05, 3.63) is 18.5 Å². The van der Waals surface area contributed by atoms with Crippen LogP contribution in [0.2, 0.25) is 0 Å². The Kier molecular flexibility index (Phi) is 2.85. The normalized spacial score (nSPS) is 20.6. The number of nitrogens with zero attached hydrogens (tertiary/aromatic N) is 1. The Morgan fingerprint density at radius 2 is 1.80 bits per heavy atom. The van der Waals surface area contributed by atoms with Gasteiger partial charge in [-0.3, -0.25) is 0 Å². The smallest absolute Gasteiger partial charge is 0.494 e. The third-order valence-corrected chi connectivity index (χ3v) is 4.26. The van der Waals surface area contributed by atoms with Crippen LogP contribution in [0.5, 0.6) is 5.75 Å². The maximum atomic E-state index is 6.06. The molecule has 20 heavy (non-hydrogen) atoms. The van der Waals surface area contributed by atoms with Crippen LogP contribution < -0.4 is 10.2 Å². The summed E-state index contributed by atoms with van der Waals surface area (Å²) < 4.78 is 17.5. The number of H-pyrrole nitrogens is 1. The summed E-state index contributed by atoms with van der Waals surface area (Å²) in [7, 11) is 1.24. The molecule has 0 saturated carbocycles. The SMILES string of the molecule is COc1cc(B2OC(C)(C)C(C)(C)O2)cc2[nH]cnc12. The van der Waals surface area contributed by atoms with Crippen molar-refractivity contribution in [3.8, 4) is 5.75 Å². The summed E-state index contributed by atoms with van der Waals surface area (Å²) in [5, 5.41) is 0. The molecule has 1 aliphatic heterocycles. The van der Waals surface area contributed by atoms with Crippen LogP contribution in [0, 0.1) is 0 Å². The van der Waals surface area contributed by atoms with Gasteiger partial charge in [-0.1, -0.05) is 0 Å². The highest BCUT2D eigenvalue weighted by Crippen LogP contribution is 2.37. The zero-order valence-electron chi connectivity index (χ0n) is 12.5. The molecule has 3 rings (SSSR count). The van der Waals surface area contributed by atoms with E-state index >= 15 is 0 Å². The minimum Gasteiger partial charge on any atom is -0.494 e. The second kappa shape index (κ2) is 4.23. The number of aromatic nitrogens is 2. The van der Waals surface area contributed by atoms with Crippen molar-refractivity contribution in [1.29, 1.82) is 0 Å². The van der Waals surface area contributed by atoms with E-state index in [4.69, 9.17) is 14.0 Å². The van der Waals surface area contributed by atoms with Crippen molar-refractivity contribution in [3.63, 3.8) is 0 Å². The molecule has 1 aromatic heterocycles. The fourth-order valence-corrected chi connectivity index (χ4v) is 2.31. The predicted octanol–water partition coefficient (Wildman–Crippen LogP) is 1.87. The minimum atomic E-state index is -0.401.